The van der Waals surface area contributed by atoms with E-state index in [9.17, 15) is 22.8 Å². The zero-order valence-electron chi connectivity index (χ0n) is 14.8. The van der Waals surface area contributed by atoms with Crippen LogP contribution in [0.15, 0.2) is 27.4 Å². The third-order valence-corrected chi connectivity index (χ3v) is 3.98. The van der Waals surface area contributed by atoms with Gasteiger partial charge < -0.3 is 9.15 Å². The van der Waals surface area contributed by atoms with Crippen LogP contribution in [-0.4, -0.2) is 28.2 Å². The van der Waals surface area contributed by atoms with Gasteiger partial charge in [-0.25, -0.2) is 4.79 Å². The number of hydrogen-bond acceptors (Lipinski definition) is 6. The van der Waals surface area contributed by atoms with Gasteiger partial charge in [0.2, 0.25) is 17.7 Å². The van der Waals surface area contributed by atoms with Crippen molar-refractivity contribution in [2.45, 2.75) is 25.9 Å². The third-order valence-electron chi connectivity index (χ3n) is 3.98. The number of ether oxygens (including phenoxy) is 1. The zero-order valence-corrected chi connectivity index (χ0v) is 14.8. The molecule has 3 rings (SSSR count). The van der Waals surface area contributed by atoms with E-state index in [4.69, 9.17) is 9.15 Å². The lowest BCUT2D eigenvalue weighted by Gasteiger charge is -2.10. The monoisotopic (exact) mass is 396 g/mol. The molecule has 2 N–H and O–H groups in total. The van der Waals surface area contributed by atoms with E-state index in [2.05, 4.69) is 15.4 Å². The molecule has 0 saturated carbocycles. The second-order valence-corrected chi connectivity index (χ2v) is 5.96. The number of fused-ring (bicyclic) bond motifs is 1. The molecule has 28 heavy (non-hydrogen) atoms. The summed E-state index contributed by atoms with van der Waals surface area (Å²) in [6, 6.07) is 4.66. The lowest BCUT2D eigenvalue weighted by molar-refractivity contribution is -0.144. The number of anilines is 1. The van der Waals surface area contributed by atoms with Gasteiger partial charge in [0, 0.05) is 23.9 Å². The van der Waals surface area contributed by atoms with Crippen molar-refractivity contribution < 1.29 is 27.1 Å². The highest BCUT2D eigenvalue weighted by Gasteiger charge is 2.35. The molecule has 0 aliphatic carbocycles. The summed E-state index contributed by atoms with van der Waals surface area (Å²) in [5.74, 6) is -1.89. The number of alkyl halides is 3. The average Bonchev–Trinajstić information content (AvgIpc) is 3.08. The van der Waals surface area contributed by atoms with Crippen LogP contribution in [0.3, 0.4) is 0 Å². The van der Waals surface area contributed by atoms with E-state index in [1.165, 1.54) is 13.2 Å². The van der Waals surface area contributed by atoms with Crippen LogP contribution in [0.1, 0.15) is 23.4 Å². The van der Waals surface area contributed by atoms with Crippen molar-refractivity contribution in [3.63, 3.8) is 0 Å². The Hall–Kier alpha value is -3.37. The predicted molar refractivity (Wildman–Crippen MR) is 92.1 cm³/mol. The Labute approximate surface area is 155 Å². The Kier molecular flexibility index (Phi) is 5.08. The fourth-order valence-electron chi connectivity index (χ4n) is 2.66. The van der Waals surface area contributed by atoms with Gasteiger partial charge in [-0.1, -0.05) is 0 Å². The Bertz CT molecular complexity index is 1090. The van der Waals surface area contributed by atoms with Gasteiger partial charge in [-0.2, -0.15) is 18.2 Å². The number of methoxy groups -OCH3 is 1. The summed E-state index contributed by atoms with van der Waals surface area (Å²) in [4.78, 5) is 26.7. The number of carbonyl (C=O) groups excluding carboxylic acids is 1. The van der Waals surface area contributed by atoms with Gasteiger partial charge in [0.05, 0.1) is 7.11 Å². The first-order valence-corrected chi connectivity index (χ1v) is 8.08. The van der Waals surface area contributed by atoms with Crippen molar-refractivity contribution in [1.82, 2.24) is 15.2 Å². The van der Waals surface area contributed by atoms with E-state index in [1.54, 1.807) is 24.2 Å². The van der Waals surface area contributed by atoms with Crippen LogP contribution in [0.5, 0.6) is 5.75 Å². The first-order valence-electron chi connectivity index (χ1n) is 8.08. The molecule has 3 aromatic rings. The third kappa shape index (κ3) is 4.13. The Morgan fingerprint density at radius 2 is 2.07 bits per heavy atom. The molecule has 0 fully saturated rings. The number of H-pyrrole nitrogens is 1. The van der Waals surface area contributed by atoms with Crippen molar-refractivity contribution in [3.8, 4) is 5.75 Å². The van der Waals surface area contributed by atoms with Gasteiger partial charge in [0.1, 0.15) is 11.3 Å². The van der Waals surface area contributed by atoms with Crippen LogP contribution in [0.2, 0.25) is 0 Å². The maximum Gasteiger partial charge on any atom is 0.451 e. The predicted octanol–water partition coefficient (Wildman–Crippen LogP) is 2.82. The maximum atomic E-state index is 12.5. The molecular weight excluding hydrogens is 381 g/mol. The van der Waals surface area contributed by atoms with Gasteiger partial charge in [0.25, 0.3) is 0 Å². The number of benzene rings is 1. The van der Waals surface area contributed by atoms with Gasteiger partial charge in [-0.15, -0.1) is 5.10 Å². The quantitative estimate of drug-likeness (QED) is 0.642. The molecule has 1 amide bonds. The number of hydrogen-bond donors (Lipinski definition) is 2. The first-order chi connectivity index (χ1) is 13.2. The molecule has 0 spiro atoms. The number of aromatic nitrogens is 3. The Morgan fingerprint density at radius 1 is 1.32 bits per heavy atom. The lowest BCUT2D eigenvalue weighted by atomic mass is 10.0. The number of nitrogens with one attached hydrogen (secondary N) is 2. The lowest BCUT2D eigenvalue weighted by Crippen LogP contribution is -2.14. The highest BCUT2D eigenvalue weighted by atomic mass is 19.4. The average molecular weight is 396 g/mol. The van der Waals surface area contributed by atoms with Gasteiger partial charge in [-0.05, 0) is 30.5 Å². The van der Waals surface area contributed by atoms with E-state index < -0.39 is 29.5 Å². The standard InChI is InChI=1S/C17H15F3N4O4/c1-8-5-14(26)28-12-7-11(27-2)9(6-10(8)12)3-4-13(25)21-16-22-15(23-24-16)17(18,19)20/h5-7H,3-4H2,1-2H3,(H2,21,22,23,24,25). The normalized spacial score (nSPS) is 11.6. The second-order valence-electron chi connectivity index (χ2n) is 5.96. The molecule has 2 aromatic heterocycles. The number of amides is 1. The number of aromatic amines is 1. The molecule has 1 aromatic carbocycles. The highest BCUT2D eigenvalue weighted by Crippen LogP contribution is 2.28. The maximum absolute atomic E-state index is 12.5. The molecule has 2 heterocycles. The number of carbonyl (C=O) groups is 1. The highest BCUT2D eigenvalue weighted by molar-refractivity contribution is 5.89. The summed E-state index contributed by atoms with van der Waals surface area (Å²) in [6.45, 7) is 1.75. The summed E-state index contributed by atoms with van der Waals surface area (Å²) in [5.41, 5.74) is 1.26. The van der Waals surface area contributed by atoms with Crippen LogP contribution in [0.4, 0.5) is 19.1 Å². The van der Waals surface area contributed by atoms with Crippen molar-refractivity contribution in [2.75, 3.05) is 12.4 Å². The van der Waals surface area contributed by atoms with Gasteiger partial charge in [0.15, 0.2) is 0 Å². The molecule has 0 radical (unpaired) electrons. The molecule has 0 unspecified atom stereocenters. The van der Waals surface area contributed by atoms with Crippen molar-refractivity contribution in [1.29, 1.82) is 0 Å². The van der Waals surface area contributed by atoms with Crippen LogP contribution in [0.25, 0.3) is 11.0 Å². The zero-order chi connectivity index (χ0) is 20.5. The minimum Gasteiger partial charge on any atom is -0.496 e. The van der Waals surface area contributed by atoms with Crippen LogP contribution in [0, 0.1) is 6.92 Å². The molecule has 0 aliphatic heterocycles. The number of aryl methyl sites for hydroxylation is 2. The first kappa shape index (κ1) is 19.4. The van der Waals surface area contributed by atoms with E-state index in [0.717, 1.165) is 0 Å². The minimum atomic E-state index is -4.68. The largest absolute Gasteiger partial charge is 0.496 e. The number of rotatable bonds is 5. The van der Waals surface area contributed by atoms with E-state index in [-0.39, 0.29) is 12.8 Å². The molecule has 148 valence electrons. The SMILES string of the molecule is COc1cc2oc(=O)cc(C)c2cc1CCC(=O)Nc1n[nH]c(C(F)(F)F)n1. The fourth-order valence-corrected chi connectivity index (χ4v) is 2.66. The molecule has 0 bridgehead atoms. The molecule has 0 atom stereocenters. The summed E-state index contributed by atoms with van der Waals surface area (Å²) >= 11 is 0. The van der Waals surface area contributed by atoms with E-state index in [0.29, 0.717) is 27.8 Å². The number of halogens is 3. The fraction of sp³-hybridized carbons (Fsp3) is 0.294. The van der Waals surface area contributed by atoms with Crippen molar-refractivity contribution in [3.05, 3.63) is 45.6 Å². The number of nitrogens with zero attached hydrogens (tertiary/aromatic N) is 2. The molecule has 0 aliphatic rings. The molecule has 8 nitrogen and oxygen atoms in total. The van der Waals surface area contributed by atoms with Crippen LogP contribution in [-0.2, 0) is 17.4 Å². The van der Waals surface area contributed by atoms with Gasteiger partial charge >= 0.3 is 11.8 Å². The molecular formula is C17H15F3N4O4. The summed E-state index contributed by atoms with van der Waals surface area (Å²) in [7, 11) is 1.44. The Balaban J connectivity index is 1.74. The van der Waals surface area contributed by atoms with E-state index >= 15 is 0 Å². The van der Waals surface area contributed by atoms with Crippen molar-refractivity contribution >= 4 is 22.8 Å². The minimum absolute atomic E-state index is 0.0480. The van der Waals surface area contributed by atoms with Crippen LogP contribution < -0.4 is 15.7 Å². The summed E-state index contributed by atoms with van der Waals surface area (Å²) in [5, 5.41) is 7.93. The topological polar surface area (TPSA) is 110 Å². The molecule has 11 heteroatoms. The van der Waals surface area contributed by atoms with Crippen LogP contribution >= 0.6 is 0 Å². The second kappa shape index (κ2) is 7.33. The van der Waals surface area contributed by atoms with Crippen molar-refractivity contribution in [2.24, 2.45) is 0 Å². The smallest absolute Gasteiger partial charge is 0.451 e. The Morgan fingerprint density at radius 3 is 2.71 bits per heavy atom. The summed E-state index contributed by atoms with van der Waals surface area (Å²) in [6.07, 6.45) is -4.49. The van der Waals surface area contributed by atoms with E-state index in [1.807, 2.05) is 0 Å². The van der Waals surface area contributed by atoms with Gasteiger partial charge in [-0.3, -0.25) is 15.2 Å². The summed E-state index contributed by atoms with van der Waals surface area (Å²) < 4.78 is 47.9. The molecule has 0 saturated heterocycles.